The van der Waals surface area contributed by atoms with Gasteiger partial charge in [-0.25, -0.2) is 0 Å². The summed E-state index contributed by atoms with van der Waals surface area (Å²) in [6, 6.07) is 10.7. The first-order valence-corrected chi connectivity index (χ1v) is 8.91. The molecular formula is C18H18ClN3O4S. The summed E-state index contributed by atoms with van der Waals surface area (Å²) in [6.07, 6.45) is 0.885. The standard InChI is InChI=1S/C18H18ClN3O4S/c1-3-11(2)26-14-6-4-5-12(9-14)17(23)21-18(27)20-16-8-7-13(22(24)25)10-15(16)19/h4-11H,3H2,1-2H3,(H2,20,21,23,27). The predicted octanol–water partition coefficient (Wildman–Crippen LogP) is 4.55. The molecule has 0 bridgehead atoms. The van der Waals surface area contributed by atoms with Crippen molar-refractivity contribution in [2.45, 2.75) is 26.4 Å². The second-order valence-corrected chi connectivity index (χ2v) is 6.51. The van der Waals surface area contributed by atoms with E-state index in [1.165, 1.54) is 18.2 Å². The van der Waals surface area contributed by atoms with Crippen LogP contribution in [0.25, 0.3) is 0 Å². The number of benzene rings is 2. The second kappa shape index (κ2) is 9.29. The first-order valence-electron chi connectivity index (χ1n) is 8.13. The third-order valence-electron chi connectivity index (χ3n) is 3.65. The number of rotatable bonds is 6. The van der Waals surface area contributed by atoms with E-state index < -0.39 is 10.8 Å². The van der Waals surface area contributed by atoms with Crippen molar-refractivity contribution in [3.05, 3.63) is 63.2 Å². The van der Waals surface area contributed by atoms with Gasteiger partial charge in [0.05, 0.1) is 21.7 Å². The summed E-state index contributed by atoms with van der Waals surface area (Å²) in [4.78, 5) is 22.5. The molecule has 0 heterocycles. The van der Waals surface area contributed by atoms with Crippen molar-refractivity contribution in [2.24, 2.45) is 0 Å². The Labute approximate surface area is 166 Å². The maximum atomic E-state index is 12.4. The highest BCUT2D eigenvalue weighted by Crippen LogP contribution is 2.26. The summed E-state index contributed by atoms with van der Waals surface area (Å²) in [7, 11) is 0. The Kier molecular flexibility index (Phi) is 7.09. The van der Waals surface area contributed by atoms with E-state index in [1.807, 2.05) is 13.8 Å². The van der Waals surface area contributed by atoms with Crippen LogP contribution >= 0.6 is 23.8 Å². The topological polar surface area (TPSA) is 93.5 Å². The fraction of sp³-hybridized carbons (Fsp3) is 0.222. The smallest absolute Gasteiger partial charge is 0.271 e. The van der Waals surface area contributed by atoms with Gasteiger partial charge in [-0.3, -0.25) is 20.2 Å². The number of hydrogen-bond donors (Lipinski definition) is 2. The molecular weight excluding hydrogens is 390 g/mol. The summed E-state index contributed by atoms with van der Waals surface area (Å²) < 4.78 is 5.70. The van der Waals surface area contributed by atoms with Crippen molar-refractivity contribution in [1.29, 1.82) is 0 Å². The van der Waals surface area contributed by atoms with Gasteiger partial charge >= 0.3 is 0 Å². The molecule has 7 nitrogen and oxygen atoms in total. The number of hydrogen-bond acceptors (Lipinski definition) is 5. The number of anilines is 1. The van der Waals surface area contributed by atoms with E-state index in [4.69, 9.17) is 28.6 Å². The first kappa shape index (κ1) is 20.6. The van der Waals surface area contributed by atoms with E-state index in [-0.39, 0.29) is 21.9 Å². The van der Waals surface area contributed by atoms with Crippen LogP contribution in [0.5, 0.6) is 5.75 Å². The van der Waals surface area contributed by atoms with Crippen LogP contribution in [0.1, 0.15) is 30.6 Å². The van der Waals surface area contributed by atoms with Crippen LogP contribution in [-0.4, -0.2) is 22.0 Å². The molecule has 0 spiro atoms. The predicted molar refractivity (Wildman–Crippen MR) is 109 cm³/mol. The third kappa shape index (κ3) is 5.90. The van der Waals surface area contributed by atoms with Gasteiger partial charge in [-0.1, -0.05) is 24.6 Å². The van der Waals surface area contributed by atoms with Gasteiger partial charge in [0, 0.05) is 17.7 Å². The molecule has 1 amide bonds. The fourth-order valence-electron chi connectivity index (χ4n) is 2.07. The zero-order valence-electron chi connectivity index (χ0n) is 14.7. The monoisotopic (exact) mass is 407 g/mol. The minimum atomic E-state index is -0.551. The molecule has 0 aliphatic carbocycles. The van der Waals surface area contributed by atoms with Gasteiger partial charge in [0.2, 0.25) is 0 Å². The summed E-state index contributed by atoms with van der Waals surface area (Å²) in [6.45, 7) is 3.95. The fourth-order valence-corrected chi connectivity index (χ4v) is 2.50. The first-order chi connectivity index (χ1) is 12.8. The Morgan fingerprint density at radius 1 is 1.33 bits per heavy atom. The molecule has 9 heteroatoms. The lowest BCUT2D eigenvalue weighted by Crippen LogP contribution is -2.34. The molecule has 27 heavy (non-hydrogen) atoms. The lowest BCUT2D eigenvalue weighted by molar-refractivity contribution is -0.384. The van der Waals surface area contributed by atoms with Crippen molar-refractivity contribution in [3.8, 4) is 5.75 Å². The molecule has 1 unspecified atom stereocenters. The highest BCUT2D eigenvalue weighted by molar-refractivity contribution is 7.80. The molecule has 2 aromatic carbocycles. The third-order valence-corrected chi connectivity index (χ3v) is 4.16. The number of nitrogens with one attached hydrogen (secondary N) is 2. The normalized spacial score (nSPS) is 11.4. The lowest BCUT2D eigenvalue weighted by atomic mass is 10.2. The molecule has 2 rings (SSSR count). The van der Waals surface area contributed by atoms with E-state index in [9.17, 15) is 14.9 Å². The average Bonchev–Trinajstić information content (AvgIpc) is 2.63. The number of non-ortho nitro benzene ring substituents is 1. The SMILES string of the molecule is CCC(C)Oc1cccc(C(=O)NC(=S)Nc2ccc([N+](=O)[O-])cc2Cl)c1. The number of nitro groups is 1. The number of carbonyl (C=O) groups is 1. The van der Waals surface area contributed by atoms with Gasteiger partial charge in [-0.15, -0.1) is 0 Å². The minimum absolute atomic E-state index is 0.0176. The van der Waals surface area contributed by atoms with Crippen LogP contribution in [0, 0.1) is 10.1 Å². The Morgan fingerprint density at radius 2 is 2.07 bits per heavy atom. The Bertz CT molecular complexity index is 875. The number of ether oxygens (including phenoxy) is 1. The number of carbonyl (C=O) groups excluding carboxylic acids is 1. The van der Waals surface area contributed by atoms with Crippen molar-refractivity contribution in [2.75, 3.05) is 5.32 Å². The van der Waals surface area contributed by atoms with Gasteiger partial charge in [-0.05, 0) is 49.8 Å². The quantitative estimate of drug-likeness (QED) is 0.414. The maximum absolute atomic E-state index is 12.4. The van der Waals surface area contributed by atoms with Crippen LogP contribution in [0.3, 0.4) is 0 Å². The van der Waals surface area contributed by atoms with Crippen molar-refractivity contribution < 1.29 is 14.5 Å². The van der Waals surface area contributed by atoms with E-state index >= 15 is 0 Å². The Hall–Kier alpha value is -2.71. The van der Waals surface area contributed by atoms with Crippen molar-refractivity contribution >= 4 is 46.2 Å². The summed E-state index contributed by atoms with van der Waals surface area (Å²) >= 11 is 11.1. The van der Waals surface area contributed by atoms with Crippen LogP contribution in [0.2, 0.25) is 5.02 Å². The molecule has 0 saturated heterocycles. The molecule has 0 fully saturated rings. The summed E-state index contributed by atoms with van der Waals surface area (Å²) in [5.41, 5.74) is 0.592. The number of halogens is 1. The zero-order valence-corrected chi connectivity index (χ0v) is 16.3. The second-order valence-electron chi connectivity index (χ2n) is 5.69. The largest absolute Gasteiger partial charge is 0.491 e. The van der Waals surface area contributed by atoms with Crippen LogP contribution in [-0.2, 0) is 0 Å². The number of thiocarbonyl (C=S) groups is 1. The van der Waals surface area contributed by atoms with Crippen molar-refractivity contribution in [1.82, 2.24) is 5.32 Å². The van der Waals surface area contributed by atoms with Crippen LogP contribution in [0.15, 0.2) is 42.5 Å². The Balaban J connectivity index is 2.02. The highest BCUT2D eigenvalue weighted by Gasteiger charge is 2.13. The van der Waals surface area contributed by atoms with Gasteiger partial charge in [0.25, 0.3) is 11.6 Å². The van der Waals surface area contributed by atoms with Crippen LogP contribution in [0.4, 0.5) is 11.4 Å². The molecule has 142 valence electrons. The van der Waals surface area contributed by atoms with E-state index in [1.54, 1.807) is 24.3 Å². The molecule has 0 aliphatic heterocycles. The molecule has 0 radical (unpaired) electrons. The number of nitro benzene ring substituents is 1. The van der Waals surface area contributed by atoms with E-state index in [2.05, 4.69) is 10.6 Å². The van der Waals surface area contributed by atoms with Gasteiger partial charge in [0.15, 0.2) is 5.11 Å². The zero-order chi connectivity index (χ0) is 20.0. The Morgan fingerprint density at radius 3 is 2.70 bits per heavy atom. The summed E-state index contributed by atoms with van der Waals surface area (Å²) in [5, 5.41) is 16.2. The molecule has 0 aliphatic rings. The van der Waals surface area contributed by atoms with Gasteiger partial charge in [0.1, 0.15) is 5.75 Å². The van der Waals surface area contributed by atoms with E-state index in [0.717, 1.165) is 6.42 Å². The van der Waals surface area contributed by atoms with Gasteiger partial charge < -0.3 is 10.1 Å². The number of nitrogens with zero attached hydrogens (tertiary/aromatic N) is 1. The maximum Gasteiger partial charge on any atom is 0.271 e. The minimum Gasteiger partial charge on any atom is -0.491 e. The molecule has 0 aromatic heterocycles. The van der Waals surface area contributed by atoms with Crippen molar-refractivity contribution in [3.63, 3.8) is 0 Å². The lowest BCUT2D eigenvalue weighted by Gasteiger charge is -2.14. The molecule has 1 atom stereocenters. The van der Waals surface area contributed by atoms with Crippen LogP contribution < -0.4 is 15.4 Å². The summed E-state index contributed by atoms with van der Waals surface area (Å²) in [5.74, 6) is 0.175. The molecule has 2 aromatic rings. The molecule has 0 saturated carbocycles. The van der Waals surface area contributed by atoms with E-state index in [0.29, 0.717) is 17.0 Å². The number of amides is 1. The highest BCUT2D eigenvalue weighted by atomic mass is 35.5. The molecule has 2 N–H and O–H groups in total. The van der Waals surface area contributed by atoms with Gasteiger partial charge in [-0.2, -0.15) is 0 Å². The average molecular weight is 408 g/mol.